The van der Waals surface area contributed by atoms with Crippen molar-refractivity contribution in [3.05, 3.63) is 22.3 Å². The number of hydrogen-bond donors (Lipinski definition) is 1. The summed E-state index contributed by atoms with van der Waals surface area (Å²) in [4.78, 5) is 9.76. The second kappa shape index (κ2) is 4.61. The Morgan fingerprint density at radius 1 is 1.25 bits per heavy atom. The van der Waals surface area contributed by atoms with Crippen LogP contribution in [0.1, 0.15) is 22.3 Å². The van der Waals surface area contributed by atoms with Crippen LogP contribution in [-0.4, -0.2) is 21.7 Å². The third kappa shape index (κ3) is 2.57. The Balaban J connectivity index is 1.84. The quantitative estimate of drug-likeness (QED) is 0.883. The number of thiazole rings is 1. The summed E-state index contributed by atoms with van der Waals surface area (Å²) in [5.74, 6) is 1.34. The third-order valence-corrected chi connectivity index (χ3v) is 3.24. The van der Waals surface area contributed by atoms with Crippen LogP contribution >= 0.6 is 11.3 Å². The fraction of sp³-hybridized carbons (Fsp3) is 0.500. The molecule has 0 atom stereocenters. The van der Waals surface area contributed by atoms with E-state index in [1.807, 2.05) is 13.8 Å². The largest absolute Gasteiger partial charge is 0.361 e. The normalized spacial score (nSPS) is 10.7. The van der Waals surface area contributed by atoms with E-state index in [4.69, 9.17) is 4.52 Å². The highest BCUT2D eigenvalue weighted by molar-refractivity contribution is 7.15. The molecule has 0 amide bonds. The topological polar surface area (TPSA) is 63.8 Å². The minimum atomic E-state index is 0.662. The Morgan fingerprint density at radius 3 is 2.62 bits per heavy atom. The van der Waals surface area contributed by atoms with Gasteiger partial charge < -0.3 is 9.84 Å². The minimum absolute atomic E-state index is 0.662. The Bertz CT molecular complexity index is 457. The van der Waals surface area contributed by atoms with Crippen molar-refractivity contribution in [1.29, 1.82) is 0 Å². The standard InChI is InChI=1S/C10H14N4OS/c1-6-7(2)16-10(12-6)11-5-4-9-13-8(3)14-15-9/h4-5H2,1-3H3,(H,11,12). The zero-order valence-corrected chi connectivity index (χ0v) is 10.4. The molecule has 0 bridgehead atoms. The highest BCUT2D eigenvalue weighted by Crippen LogP contribution is 2.20. The monoisotopic (exact) mass is 238 g/mol. The van der Waals surface area contributed by atoms with Crippen LogP contribution in [0.25, 0.3) is 0 Å². The molecule has 0 saturated carbocycles. The molecule has 2 aromatic heterocycles. The van der Waals surface area contributed by atoms with Gasteiger partial charge in [-0.1, -0.05) is 5.16 Å². The van der Waals surface area contributed by atoms with Crippen LogP contribution in [0.5, 0.6) is 0 Å². The Morgan fingerprint density at radius 2 is 2.06 bits per heavy atom. The van der Waals surface area contributed by atoms with Crippen molar-refractivity contribution in [2.75, 3.05) is 11.9 Å². The van der Waals surface area contributed by atoms with Crippen LogP contribution in [0.3, 0.4) is 0 Å². The molecule has 0 radical (unpaired) electrons. The summed E-state index contributed by atoms with van der Waals surface area (Å²) < 4.78 is 5.01. The van der Waals surface area contributed by atoms with Crippen LogP contribution < -0.4 is 5.32 Å². The van der Waals surface area contributed by atoms with E-state index in [2.05, 4.69) is 27.4 Å². The molecule has 16 heavy (non-hydrogen) atoms. The number of rotatable bonds is 4. The average Bonchev–Trinajstić information content (AvgIpc) is 2.75. The number of anilines is 1. The van der Waals surface area contributed by atoms with E-state index in [1.165, 1.54) is 4.88 Å². The molecular formula is C10H14N4OS. The molecule has 2 heterocycles. The van der Waals surface area contributed by atoms with Gasteiger partial charge >= 0.3 is 0 Å². The first-order valence-corrected chi connectivity index (χ1v) is 5.94. The number of aromatic nitrogens is 3. The number of hydrogen-bond acceptors (Lipinski definition) is 6. The van der Waals surface area contributed by atoms with Gasteiger partial charge in [-0.15, -0.1) is 11.3 Å². The molecule has 0 spiro atoms. The Hall–Kier alpha value is -1.43. The van der Waals surface area contributed by atoms with Crippen molar-refractivity contribution in [1.82, 2.24) is 15.1 Å². The van der Waals surface area contributed by atoms with Crippen LogP contribution in [0, 0.1) is 20.8 Å². The maximum Gasteiger partial charge on any atom is 0.228 e. The lowest BCUT2D eigenvalue weighted by Gasteiger charge is -1.98. The molecule has 5 nitrogen and oxygen atoms in total. The summed E-state index contributed by atoms with van der Waals surface area (Å²) in [5.41, 5.74) is 1.08. The molecule has 0 saturated heterocycles. The van der Waals surface area contributed by atoms with Gasteiger partial charge in [0, 0.05) is 17.8 Å². The van der Waals surface area contributed by atoms with Crippen LogP contribution in [0.2, 0.25) is 0 Å². The maximum absolute atomic E-state index is 5.01. The summed E-state index contributed by atoms with van der Waals surface area (Å²) in [6.45, 7) is 6.65. The molecule has 1 N–H and O–H groups in total. The van der Waals surface area contributed by atoms with E-state index < -0.39 is 0 Å². The Kier molecular flexibility index (Phi) is 3.19. The molecule has 6 heteroatoms. The molecule has 0 aliphatic rings. The number of nitrogens with zero attached hydrogens (tertiary/aromatic N) is 3. The van der Waals surface area contributed by atoms with Crippen molar-refractivity contribution in [3.8, 4) is 0 Å². The lowest BCUT2D eigenvalue weighted by molar-refractivity contribution is 0.377. The van der Waals surface area contributed by atoms with E-state index in [0.717, 1.165) is 23.8 Å². The van der Waals surface area contributed by atoms with Gasteiger partial charge in [0.2, 0.25) is 5.89 Å². The fourth-order valence-corrected chi connectivity index (χ4v) is 2.11. The summed E-state index contributed by atoms with van der Waals surface area (Å²) in [6.07, 6.45) is 0.721. The highest BCUT2D eigenvalue weighted by atomic mass is 32.1. The van der Waals surface area contributed by atoms with Crippen molar-refractivity contribution in [2.24, 2.45) is 0 Å². The zero-order valence-electron chi connectivity index (χ0n) is 9.57. The van der Waals surface area contributed by atoms with Gasteiger partial charge in [0.1, 0.15) is 0 Å². The molecule has 0 aromatic carbocycles. The van der Waals surface area contributed by atoms with Gasteiger partial charge in [-0.3, -0.25) is 0 Å². The maximum atomic E-state index is 5.01. The molecule has 2 aromatic rings. The predicted octanol–water partition coefficient (Wildman–Crippen LogP) is 2.11. The third-order valence-electron chi connectivity index (χ3n) is 2.21. The van der Waals surface area contributed by atoms with Crippen LogP contribution in [0.4, 0.5) is 5.13 Å². The number of aryl methyl sites for hydroxylation is 3. The van der Waals surface area contributed by atoms with E-state index in [0.29, 0.717) is 11.7 Å². The molecule has 86 valence electrons. The van der Waals surface area contributed by atoms with E-state index in [9.17, 15) is 0 Å². The van der Waals surface area contributed by atoms with E-state index >= 15 is 0 Å². The molecular weight excluding hydrogens is 224 g/mol. The van der Waals surface area contributed by atoms with Crippen molar-refractivity contribution in [2.45, 2.75) is 27.2 Å². The average molecular weight is 238 g/mol. The van der Waals surface area contributed by atoms with Crippen molar-refractivity contribution < 1.29 is 4.52 Å². The summed E-state index contributed by atoms with van der Waals surface area (Å²) in [6, 6.07) is 0. The molecule has 2 rings (SSSR count). The molecule has 0 unspecified atom stereocenters. The lowest BCUT2D eigenvalue weighted by atomic mass is 10.4. The first kappa shape index (κ1) is 11.1. The molecule has 0 fully saturated rings. The van der Waals surface area contributed by atoms with E-state index in [1.54, 1.807) is 11.3 Å². The van der Waals surface area contributed by atoms with Gasteiger partial charge in [-0.05, 0) is 20.8 Å². The Labute approximate surface area is 97.9 Å². The van der Waals surface area contributed by atoms with Crippen LogP contribution in [0.15, 0.2) is 4.52 Å². The second-order valence-corrected chi connectivity index (χ2v) is 4.78. The first-order valence-electron chi connectivity index (χ1n) is 5.12. The first-order chi connectivity index (χ1) is 7.65. The SMILES string of the molecule is Cc1noc(CCNc2nc(C)c(C)s2)n1. The van der Waals surface area contributed by atoms with E-state index in [-0.39, 0.29) is 0 Å². The molecule has 0 aliphatic carbocycles. The van der Waals surface area contributed by atoms with Gasteiger partial charge in [0.25, 0.3) is 0 Å². The number of nitrogens with one attached hydrogen (secondary N) is 1. The second-order valence-electron chi connectivity index (χ2n) is 3.57. The zero-order chi connectivity index (χ0) is 11.5. The smallest absolute Gasteiger partial charge is 0.228 e. The summed E-state index contributed by atoms with van der Waals surface area (Å²) in [7, 11) is 0. The minimum Gasteiger partial charge on any atom is -0.361 e. The lowest BCUT2D eigenvalue weighted by Crippen LogP contribution is -2.04. The predicted molar refractivity (Wildman–Crippen MR) is 62.8 cm³/mol. The summed E-state index contributed by atoms with van der Waals surface area (Å²) >= 11 is 1.67. The molecule has 0 aliphatic heterocycles. The van der Waals surface area contributed by atoms with Crippen molar-refractivity contribution in [3.63, 3.8) is 0 Å². The van der Waals surface area contributed by atoms with Gasteiger partial charge in [-0.2, -0.15) is 4.98 Å². The van der Waals surface area contributed by atoms with Crippen molar-refractivity contribution >= 4 is 16.5 Å². The van der Waals surface area contributed by atoms with Gasteiger partial charge in [0.05, 0.1) is 5.69 Å². The van der Waals surface area contributed by atoms with Gasteiger partial charge in [-0.25, -0.2) is 4.98 Å². The highest BCUT2D eigenvalue weighted by Gasteiger charge is 2.05. The summed E-state index contributed by atoms with van der Waals surface area (Å²) in [5, 5.41) is 7.93. The van der Waals surface area contributed by atoms with Crippen LogP contribution in [-0.2, 0) is 6.42 Å². The fourth-order valence-electron chi connectivity index (χ4n) is 1.27. The van der Waals surface area contributed by atoms with Gasteiger partial charge in [0.15, 0.2) is 11.0 Å².